The number of guanidine groups is 1. The summed E-state index contributed by atoms with van der Waals surface area (Å²) in [5.41, 5.74) is 2.45. The number of nitrogens with zero attached hydrogens (tertiary/aromatic N) is 3. The van der Waals surface area contributed by atoms with Crippen molar-refractivity contribution in [3.8, 4) is 5.75 Å². The highest BCUT2D eigenvalue weighted by Crippen LogP contribution is 2.24. The van der Waals surface area contributed by atoms with Crippen LogP contribution in [-0.4, -0.2) is 72.3 Å². The quantitative estimate of drug-likeness (QED) is 0.568. The van der Waals surface area contributed by atoms with Gasteiger partial charge in [0, 0.05) is 39.3 Å². The number of phenolic OH excluding ortho intramolecular Hbond substituents is 1. The third-order valence-corrected chi connectivity index (χ3v) is 5.85. The lowest BCUT2D eigenvalue weighted by atomic mass is 10.1. The Morgan fingerprint density at radius 2 is 1.97 bits per heavy atom. The zero-order chi connectivity index (χ0) is 20.8. The Morgan fingerprint density at radius 1 is 1.13 bits per heavy atom. The fourth-order valence-corrected chi connectivity index (χ4v) is 4.37. The Labute approximate surface area is 179 Å². The van der Waals surface area contributed by atoms with E-state index in [0.29, 0.717) is 18.3 Å². The fraction of sp³-hybridized carbons (Fsp3) is 0.458. The summed E-state index contributed by atoms with van der Waals surface area (Å²) >= 11 is 0. The van der Waals surface area contributed by atoms with Crippen LogP contribution in [0.1, 0.15) is 18.1 Å². The number of fused-ring (bicyclic) bond motifs is 1. The molecule has 2 aromatic carbocycles. The van der Waals surface area contributed by atoms with E-state index >= 15 is 0 Å². The van der Waals surface area contributed by atoms with Crippen molar-refractivity contribution in [2.45, 2.75) is 32.0 Å². The van der Waals surface area contributed by atoms with Gasteiger partial charge in [-0.25, -0.2) is 0 Å². The van der Waals surface area contributed by atoms with Crippen molar-refractivity contribution in [1.29, 1.82) is 0 Å². The molecule has 4 rings (SSSR count). The first-order valence-electron chi connectivity index (χ1n) is 10.9. The molecule has 0 aliphatic carbocycles. The number of nitrogens with one attached hydrogen (secondary N) is 1. The molecule has 2 aliphatic rings. The maximum absolute atomic E-state index is 9.65. The minimum atomic E-state index is 0.220. The monoisotopic (exact) mass is 408 g/mol. The lowest BCUT2D eigenvalue weighted by molar-refractivity contribution is -0.0502. The van der Waals surface area contributed by atoms with Crippen molar-refractivity contribution < 1.29 is 9.84 Å². The molecule has 2 aromatic rings. The largest absolute Gasteiger partial charge is 0.508 e. The van der Waals surface area contributed by atoms with Crippen LogP contribution in [0, 0.1) is 0 Å². The molecule has 6 heteroatoms. The molecule has 160 valence electrons. The van der Waals surface area contributed by atoms with Crippen LogP contribution in [0.25, 0.3) is 0 Å². The summed E-state index contributed by atoms with van der Waals surface area (Å²) in [5.74, 6) is 1.26. The molecule has 2 atom stereocenters. The van der Waals surface area contributed by atoms with E-state index in [2.05, 4.69) is 52.4 Å². The molecule has 2 N–H and O–H groups in total. The van der Waals surface area contributed by atoms with Crippen molar-refractivity contribution >= 4 is 5.96 Å². The first-order valence-corrected chi connectivity index (χ1v) is 10.9. The van der Waals surface area contributed by atoms with E-state index in [1.165, 1.54) is 5.56 Å². The van der Waals surface area contributed by atoms with E-state index in [4.69, 9.17) is 9.73 Å². The van der Waals surface area contributed by atoms with E-state index in [0.717, 1.165) is 57.3 Å². The number of likely N-dealkylation sites (tertiary alicyclic amines) is 1. The number of hydrogen-bond acceptors (Lipinski definition) is 4. The molecule has 0 saturated carbocycles. The lowest BCUT2D eigenvalue weighted by Crippen LogP contribution is -2.50. The summed E-state index contributed by atoms with van der Waals surface area (Å²) in [6.07, 6.45) is 1.03. The number of benzene rings is 2. The van der Waals surface area contributed by atoms with Crippen molar-refractivity contribution in [1.82, 2.24) is 15.1 Å². The molecule has 0 amide bonds. The Hall–Kier alpha value is -2.57. The van der Waals surface area contributed by atoms with Crippen LogP contribution in [0.5, 0.6) is 5.75 Å². The maximum atomic E-state index is 9.65. The smallest absolute Gasteiger partial charge is 0.194 e. The predicted octanol–water partition coefficient (Wildman–Crippen LogP) is 2.49. The average molecular weight is 409 g/mol. The van der Waals surface area contributed by atoms with Gasteiger partial charge in [0.15, 0.2) is 5.96 Å². The van der Waals surface area contributed by atoms with Gasteiger partial charge in [0.25, 0.3) is 0 Å². The first kappa shape index (κ1) is 20.7. The second kappa shape index (κ2) is 9.96. The molecule has 2 heterocycles. The average Bonchev–Trinajstić information content (AvgIpc) is 3.19. The molecule has 2 unspecified atom stereocenters. The lowest BCUT2D eigenvalue weighted by Gasteiger charge is -2.36. The van der Waals surface area contributed by atoms with Gasteiger partial charge in [-0.15, -0.1) is 0 Å². The molecule has 6 nitrogen and oxygen atoms in total. The van der Waals surface area contributed by atoms with Gasteiger partial charge in [-0.3, -0.25) is 9.89 Å². The molecule has 0 bridgehead atoms. The maximum Gasteiger partial charge on any atom is 0.194 e. The van der Waals surface area contributed by atoms with Crippen molar-refractivity contribution in [2.75, 3.05) is 39.3 Å². The number of aromatic hydroxyl groups is 1. The van der Waals surface area contributed by atoms with Crippen LogP contribution < -0.4 is 5.32 Å². The third kappa shape index (κ3) is 5.12. The molecule has 0 aromatic heterocycles. The number of phenols is 1. The molecule has 2 aliphatic heterocycles. The molecular weight excluding hydrogens is 376 g/mol. The van der Waals surface area contributed by atoms with Crippen LogP contribution in [0.3, 0.4) is 0 Å². The normalized spacial score (nSPS) is 22.2. The minimum absolute atomic E-state index is 0.220. The summed E-state index contributed by atoms with van der Waals surface area (Å²) < 4.78 is 6.12. The van der Waals surface area contributed by atoms with Gasteiger partial charge in [-0.2, -0.15) is 0 Å². The summed E-state index contributed by atoms with van der Waals surface area (Å²) in [6, 6.07) is 18.5. The molecule has 2 fully saturated rings. The van der Waals surface area contributed by atoms with E-state index in [-0.39, 0.29) is 6.10 Å². The highest BCUT2D eigenvalue weighted by atomic mass is 16.5. The van der Waals surface area contributed by atoms with Gasteiger partial charge in [0.05, 0.1) is 18.8 Å². The molecule has 30 heavy (non-hydrogen) atoms. The summed E-state index contributed by atoms with van der Waals surface area (Å²) in [6.45, 7) is 8.14. The van der Waals surface area contributed by atoms with Crippen molar-refractivity contribution in [3.63, 3.8) is 0 Å². The Bertz CT molecular complexity index is 842. The fourth-order valence-electron chi connectivity index (χ4n) is 4.37. The van der Waals surface area contributed by atoms with Gasteiger partial charge in [-0.1, -0.05) is 42.5 Å². The highest BCUT2D eigenvalue weighted by molar-refractivity contribution is 5.80. The van der Waals surface area contributed by atoms with Crippen LogP contribution in [0.2, 0.25) is 0 Å². The van der Waals surface area contributed by atoms with Crippen LogP contribution in [0.4, 0.5) is 0 Å². The molecule has 0 radical (unpaired) electrons. The van der Waals surface area contributed by atoms with Crippen LogP contribution in [-0.2, 0) is 17.7 Å². The first-order chi connectivity index (χ1) is 14.7. The van der Waals surface area contributed by atoms with E-state index < -0.39 is 0 Å². The van der Waals surface area contributed by atoms with Gasteiger partial charge in [0.2, 0.25) is 0 Å². The molecular formula is C24H32N4O2. The Morgan fingerprint density at radius 3 is 2.77 bits per heavy atom. The topological polar surface area (TPSA) is 60.3 Å². The highest BCUT2D eigenvalue weighted by Gasteiger charge is 2.41. The number of morpholine rings is 1. The van der Waals surface area contributed by atoms with Gasteiger partial charge < -0.3 is 20.1 Å². The third-order valence-electron chi connectivity index (χ3n) is 5.85. The van der Waals surface area contributed by atoms with Crippen molar-refractivity contribution in [3.05, 3.63) is 65.7 Å². The number of aliphatic imine (C=N–C) groups is 1. The SMILES string of the molecule is CCNC(=NCCc1cccc(O)c1)N1CC2OCCN(Cc3ccccc3)C2C1. The van der Waals surface area contributed by atoms with E-state index in [1.807, 2.05) is 18.2 Å². The number of hydrogen-bond donors (Lipinski definition) is 2. The zero-order valence-electron chi connectivity index (χ0n) is 17.7. The summed E-state index contributed by atoms with van der Waals surface area (Å²) in [4.78, 5) is 9.76. The standard InChI is InChI=1S/C24H32N4O2/c1-2-25-24(26-12-11-19-9-6-10-21(29)15-19)28-17-22-23(18-28)30-14-13-27(22)16-20-7-4-3-5-8-20/h3-10,15,22-23,29H,2,11-14,16-18H2,1H3,(H,25,26). The van der Waals surface area contributed by atoms with Gasteiger partial charge in [0.1, 0.15) is 5.75 Å². The zero-order valence-corrected chi connectivity index (χ0v) is 17.7. The number of rotatable bonds is 6. The van der Waals surface area contributed by atoms with Gasteiger partial charge >= 0.3 is 0 Å². The predicted molar refractivity (Wildman–Crippen MR) is 120 cm³/mol. The van der Waals surface area contributed by atoms with Crippen LogP contribution in [0.15, 0.2) is 59.6 Å². The van der Waals surface area contributed by atoms with E-state index in [1.54, 1.807) is 6.07 Å². The summed E-state index contributed by atoms with van der Waals surface area (Å²) in [7, 11) is 0. The van der Waals surface area contributed by atoms with E-state index in [9.17, 15) is 5.11 Å². The second-order valence-corrected chi connectivity index (χ2v) is 7.99. The number of ether oxygens (including phenoxy) is 1. The minimum Gasteiger partial charge on any atom is -0.508 e. The van der Waals surface area contributed by atoms with Gasteiger partial charge in [-0.05, 0) is 36.6 Å². The van der Waals surface area contributed by atoms with Crippen molar-refractivity contribution in [2.24, 2.45) is 4.99 Å². The molecule has 2 saturated heterocycles. The summed E-state index contributed by atoms with van der Waals surface area (Å²) in [5, 5.41) is 13.1. The second-order valence-electron chi connectivity index (χ2n) is 7.99. The Balaban J connectivity index is 1.40. The molecule has 0 spiro atoms. The van der Waals surface area contributed by atoms with Crippen LogP contribution >= 0.6 is 0 Å². The Kier molecular flexibility index (Phi) is 6.87.